The van der Waals surface area contributed by atoms with Gasteiger partial charge in [-0.05, 0) is 38.2 Å². The van der Waals surface area contributed by atoms with Crippen molar-refractivity contribution >= 4 is 26.0 Å². The molecule has 6 heteroatoms. The molecule has 0 fully saturated rings. The summed E-state index contributed by atoms with van der Waals surface area (Å²) < 4.78 is 28.2. The fourth-order valence-corrected chi connectivity index (χ4v) is 3.65. The van der Waals surface area contributed by atoms with Gasteiger partial charge in [-0.3, -0.25) is 0 Å². The zero-order valence-corrected chi connectivity index (χ0v) is 14.1. The second-order valence-corrected chi connectivity index (χ2v) is 7.82. The molecule has 0 aliphatic carbocycles. The number of nitrogens with one attached hydrogen (secondary N) is 1. The standard InChI is InChI=1S/C13H21BrN2O2S/c1-10(2)13(9-16(3)4)15-19(17,18)12-7-5-6-11(14)8-12/h5-8,10,13,15H,9H2,1-4H3. The van der Waals surface area contributed by atoms with Crippen molar-refractivity contribution < 1.29 is 8.42 Å². The molecule has 0 radical (unpaired) electrons. The van der Waals surface area contributed by atoms with Gasteiger partial charge in [-0.2, -0.15) is 0 Å². The van der Waals surface area contributed by atoms with Crippen LogP contribution >= 0.6 is 15.9 Å². The Morgan fingerprint density at radius 3 is 2.42 bits per heavy atom. The van der Waals surface area contributed by atoms with Gasteiger partial charge in [-0.1, -0.05) is 35.8 Å². The molecule has 0 saturated heterocycles. The molecule has 1 atom stereocenters. The Morgan fingerprint density at radius 1 is 1.32 bits per heavy atom. The second-order valence-electron chi connectivity index (χ2n) is 5.19. The third-order valence-electron chi connectivity index (χ3n) is 2.78. The van der Waals surface area contributed by atoms with Crippen molar-refractivity contribution in [2.24, 2.45) is 5.92 Å². The maximum atomic E-state index is 12.3. The minimum Gasteiger partial charge on any atom is -0.308 e. The van der Waals surface area contributed by atoms with E-state index < -0.39 is 10.0 Å². The lowest BCUT2D eigenvalue weighted by Gasteiger charge is -2.25. The zero-order chi connectivity index (χ0) is 14.6. The first-order valence-corrected chi connectivity index (χ1v) is 8.42. The molecule has 1 N–H and O–H groups in total. The Morgan fingerprint density at radius 2 is 1.95 bits per heavy atom. The van der Waals surface area contributed by atoms with Gasteiger partial charge in [-0.25, -0.2) is 13.1 Å². The van der Waals surface area contributed by atoms with Crippen molar-refractivity contribution in [1.29, 1.82) is 0 Å². The number of benzene rings is 1. The first-order valence-electron chi connectivity index (χ1n) is 6.15. The zero-order valence-electron chi connectivity index (χ0n) is 11.7. The van der Waals surface area contributed by atoms with Crippen LogP contribution in [0, 0.1) is 5.92 Å². The summed E-state index contributed by atoms with van der Waals surface area (Å²) in [5, 5.41) is 0. The molecule has 19 heavy (non-hydrogen) atoms. The molecule has 0 aromatic heterocycles. The fourth-order valence-electron chi connectivity index (χ4n) is 1.68. The number of rotatable bonds is 6. The van der Waals surface area contributed by atoms with Crippen LogP contribution in [-0.4, -0.2) is 40.0 Å². The second kappa shape index (κ2) is 6.83. The highest BCUT2D eigenvalue weighted by Crippen LogP contribution is 2.17. The normalized spacial score (nSPS) is 14.1. The number of hydrogen-bond donors (Lipinski definition) is 1. The molecule has 1 unspecified atom stereocenters. The van der Waals surface area contributed by atoms with Crippen molar-refractivity contribution in [2.75, 3.05) is 20.6 Å². The first kappa shape index (κ1) is 16.6. The van der Waals surface area contributed by atoms with Gasteiger partial charge in [0.1, 0.15) is 0 Å². The predicted octanol–water partition coefficient (Wildman–Crippen LogP) is 2.31. The molecule has 1 rings (SSSR count). The molecule has 0 spiro atoms. The molecule has 0 aliphatic heterocycles. The Balaban J connectivity index is 2.94. The van der Waals surface area contributed by atoms with E-state index in [1.807, 2.05) is 32.8 Å². The quantitative estimate of drug-likeness (QED) is 0.858. The average Bonchev–Trinajstić information content (AvgIpc) is 2.27. The monoisotopic (exact) mass is 348 g/mol. The van der Waals surface area contributed by atoms with E-state index in [-0.39, 0.29) is 16.9 Å². The van der Waals surface area contributed by atoms with E-state index in [1.54, 1.807) is 24.3 Å². The fraction of sp³-hybridized carbons (Fsp3) is 0.538. The predicted molar refractivity (Wildman–Crippen MR) is 81.6 cm³/mol. The van der Waals surface area contributed by atoms with E-state index >= 15 is 0 Å². The SMILES string of the molecule is CC(C)C(CN(C)C)NS(=O)(=O)c1cccc(Br)c1. The topological polar surface area (TPSA) is 49.4 Å². The van der Waals surface area contributed by atoms with Gasteiger partial charge in [0.2, 0.25) is 10.0 Å². The maximum absolute atomic E-state index is 12.3. The Kier molecular flexibility index (Phi) is 5.98. The molecule has 0 saturated carbocycles. The van der Waals surface area contributed by atoms with Gasteiger partial charge in [0.25, 0.3) is 0 Å². The number of sulfonamides is 1. The molecule has 0 heterocycles. The van der Waals surface area contributed by atoms with Crippen molar-refractivity contribution in [3.63, 3.8) is 0 Å². The minimum absolute atomic E-state index is 0.112. The van der Waals surface area contributed by atoms with Gasteiger partial charge in [0.05, 0.1) is 4.90 Å². The third kappa shape index (κ3) is 5.22. The van der Waals surface area contributed by atoms with Crippen LogP contribution in [0.5, 0.6) is 0 Å². The number of halogens is 1. The van der Waals surface area contributed by atoms with Crippen LogP contribution in [0.25, 0.3) is 0 Å². The highest BCUT2D eigenvalue weighted by atomic mass is 79.9. The van der Waals surface area contributed by atoms with E-state index in [4.69, 9.17) is 0 Å². The highest BCUT2D eigenvalue weighted by Gasteiger charge is 2.23. The third-order valence-corrected chi connectivity index (χ3v) is 4.76. The Labute approximate surface area is 124 Å². The molecule has 0 bridgehead atoms. The molecule has 0 amide bonds. The minimum atomic E-state index is -3.48. The number of likely N-dealkylation sites (N-methyl/N-ethyl adjacent to an activating group) is 1. The van der Waals surface area contributed by atoms with Crippen molar-refractivity contribution in [1.82, 2.24) is 9.62 Å². The summed E-state index contributed by atoms with van der Waals surface area (Å²) in [6, 6.07) is 6.61. The van der Waals surface area contributed by atoms with Crippen LogP contribution < -0.4 is 4.72 Å². The van der Waals surface area contributed by atoms with E-state index in [0.29, 0.717) is 6.54 Å². The summed E-state index contributed by atoms with van der Waals surface area (Å²) in [6.45, 7) is 4.69. The molecule has 1 aromatic carbocycles. The molecule has 1 aromatic rings. The molecule has 0 aliphatic rings. The van der Waals surface area contributed by atoms with Crippen molar-refractivity contribution in [3.8, 4) is 0 Å². The average molecular weight is 349 g/mol. The Bertz CT molecular complexity index is 515. The van der Waals surface area contributed by atoms with Crippen molar-refractivity contribution in [3.05, 3.63) is 28.7 Å². The lowest BCUT2D eigenvalue weighted by atomic mass is 10.1. The van der Waals surface area contributed by atoms with Crippen LogP contribution in [0.3, 0.4) is 0 Å². The number of hydrogen-bond acceptors (Lipinski definition) is 3. The van der Waals surface area contributed by atoms with Gasteiger partial charge >= 0.3 is 0 Å². The van der Waals surface area contributed by atoms with E-state index in [1.165, 1.54) is 0 Å². The summed E-state index contributed by atoms with van der Waals surface area (Å²) in [4.78, 5) is 2.26. The summed E-state index contributed by atoms with van der Waals surface area (Å²) in [5.74, 6) is 0.226. The molecule has 4 nitrogen and oxygen atoms in total. The van der Waals surface area contributed by atoms with Gasteiger partial charge in [0, 0.05) is 17.1 Å². The maximum Gasteiger partial charge on any atom is 0.240 e. The van der Waals surface area contributed by atoms with Gasteiger partial charge in [-0.15, -0.1) is 0 Å². The largest absolute Gasteiger partial charge is 0.308 e. The van der Waals surface area contributed by atoms with Crippen LogP contribution in [0.4, 0.5) is 0 Å². The lowest BCUT2D eigenvalue weighted by molar-refractivity contribution is 0.314. The lowest BCUT2D eigenvalue weighted by Crippen LogP contribution is -2.44. The van der Waals surface area contributed by atoms with Gasteiger partial charge < -0.3 is 4.90 Å². The summed E-state index contributed by atoms with van der Waals surface area (Å²) in [7, 11) is 0.387. The van der Waals surface area contributed by atoms with E-state index in [0.717, 1.165) is 4.47 Å². The molecular formula is C13H21BrN2O2S. The smallest absolute Gasteiger partial charge is 0.240 e. The number of nitrogens with zero attached hydrogens (tertiary/aromatic N) is 1. The molecular weight excluding hydrogens is 328 g/mol. The van der Waals surface area contributed by atoms with Gasteiger partial charge in [0.15, 0.2) is 0 Å². The first-order chi connectivity index (χ1) is 8.72. The summed E-state index contributed by atoms with van der Waals surface area (Å²) in [5.41, 5.74) is 0. The van der Waals surface area contributed by atoms with Crippen molar-refractivity contribution in [2.45, 2.75) is 24.8 Å². The van der Waals surface area contributed by atoms with Crippen LogP contribution in [0.15, 0.2) is 33.6 Å². The van der Waals surface area contributed by atoms with Crippen LogP contribution in [0.1, 0.15) is 13.8 Å². The van der Waals surface area contributed by atoms with Crippen LogP contribution in [-0.2, 0) is 10.0 Å². The summed E-state index contributed by atoms with van der Waals surface area (Å²) in [6.07, 6.45) is 0. The van der Waals surface area contributed by atoms with E-state index in [2.05, 4.69) is 20.7 Å². The highest BCUT2D eigenvalue weighted by molar-refractivity contribution is 9.10. The Hall–Kier alpha value is -0.430. The summed E-state index contributed by atoms with van der Waals surface area (Å²) >= 11 is 3.29. The molecule has 108 valence electrons. The van der Waals surface area contributed by atoms with E-state index in [9.17, 15) is 8.42 Å². The van der Waals surface area contributed by atoms with Crippen LogP contribution in [0.2, 0.25) is 0 Å².